The van der Waals surface area contributed by atoms with E-state index in [9.17, 15) is 0 Å². The molecule has 0 aromatic heterocycles. The van der Waals surface area contributed by atoms with Crippen molar-refractivity contribution in [1.82, 2.24) is 0 Å². The summed E-state index contributed by atoms with van der Waals surface area (Å²) in [5.74, 6) is 0. The fraction of sp³-hybridized carbons (Fsp3) is 0.103. The molecule has 30 heavy (non-hydrogen) atoms. The van der Waals surface area contributed by atoms with Crippen LogP contribution in [0.3, 0.4) is 0 Å². The SMILES string of the molecule is ClC1CC=CC2=C1c1ccccc1C21c2ccccc2-c2c1ccc1ccccc21. The number of rotatable bonds is 0. The molecular formula is C29H19Cl. The Kier molecular flexibility index (Phi) is 3.19. The van der Waals surface area contributed by atoms with Gasteiger partial charge in [0.05, 0.1) is 10.8 Å². The molecule has 0 fully saturated rings. The van der Waals surface area contributed by atoms with Gasteiger partial charge in [0.2, 0.25) is 0 Å². The van der Waals surface area contributed by atoms with Gasteiger partial charge in [-0.15, -0.1) is 11.6 Å². The number of hydrogen-bond donors (Lipinski definition) is 0. The van der Waals surface area contributed by atoms with Crippen molar-refractivity contribution in [1.29, 1.82) is 0 Å². The van der Waals surface area contributed by atoms with Crippen molar-refractivity contribution in [3.05, 3.63) is 125 Å². The molecule has 4 aromatic carbocycles. The van der Waals surface area contributed by atoms with Gasteiger partial charge in [-0.25, -0.2) is 0 Å². The summed E-state index contributed by atoms with van der Waals surface area (Å²) in [6.45, 7) is 0. The van der Waals surface area contributed by atoms with Crippen LogP contribution in [0.1, 0.15) is 28.7 Å². The van der Waals surface area contributed by atoms with Crippen molar-refractivity contribution >= 4 is 27.9 Å². The highest BCUT2D eigenvalue weighted by atomic mass is 35.5. The predicted molar refractivity (Wildman–Crippen MR) is 126 cm³/mol. The lowest BCUT2D eigenvalue weighted by Crippen LogP contribution is -2.27. The van der Waals surface area contributed by atoms with Crippen LogP contribution < -0.4 is 0 Å². The lowest BCUT2D eigenvalue weighted by molar-refractivity contribution is 0.781. The molecule has 4 aromatic rings. The summed E-state index contributed by atoms with van der Waals surface area (Å²) < 4.78 is 0. The summed E-state index contributed by atoms with van der Waals surface area (Å²) in [5.41, 5.74) is 10.5. The Morgan fingerprint density at radius 2 is 1.40 bits per heavy atom. The van der Waals surface area contributed by atoms with Crippen molar-refractivity contribution in [2.75, 3.05) is 0 Å². The Morgan fingerprint density at radius 3 is 2.27 bits per heavy atom. The average molecular weight is 403 g/mol. The van der Waals surface area contributed by atoms with Crippen LogP contribution in [-0.4, -0.2) is 5.38 Å². The zero-order valence-electron chi connectivity index (χ0n) is 16.4. The Bertz CT molecular complexity index is 1440. The molecule has 7 rings (SSSR count). The largest absolute Gasteiger partial charge is 0.117 e. The molecule has 0 saturated heterocycles. The van der Waals surface area contributed by atoms with Crippen LogP contribution in [0, 0.1) is 0 Å². The predicted octanol–water partition coefficient (Wildman–Crippen LogP) is 7.49. The maximum Gasteiger partial charge on any atom is 0.0722 e. The standard InChI is InChI=1S/C29H19Cl/c30-26-15-7-14-24-28(26)21-11-4-6-13-23(21)29(24)22-12-5-3-10-20(22)27-19-9-2-1-8-18(19)16-17-25(27)29/h1-14,16-17,26H,15H2. The van der Waals surface area contributed by atoms with Gasteiger partial charge in [0.15, 0.2) is 0 Å². The minimum Gasteiger partial charge on any atom is -0.117 e. The van der Waals surface area contributed by atoms with Crippen LogP contribution in [0.2, 0.25) is 0 Å². The van der Waals surface area contributed by atoms with Crippen molar-refractivity contribution in [2.45, 2.75) is 17.2 Å². The highest BCUT2D eigenvalue weighted by Crippen LogP contribution is 2.64. The minimum absolute atomic E-state index is 0.0159. The lowest BCUT2D eigenvalue weighted by Gasteiger charge is -2.32. The van der Waals surface area contributed by atoms with E-state index < -0.39 is 0 Å². The van der Waals surface area contributed by atoms with Gasteiger partial charge < -0.3 is 0 Å². The molecule has 0 N–H and O–H groups in total. The van der Waals surface area contributed by atoms with E-state index in [2.05, 4.69) is 97.1 Å². The maximum absolute atomic E-state index is 6.95. The van der Waals surface area contributed by atoms with Crippen LogP contribution in [-0.2, 0) is 5.41 Å². The van der Waals surface area contributed by atoms with E-state index in [0.717, 1.165) is 6.42 Å². The molecule has 142 valence electrons. The fourth-order valence-corrected chi connectivity index (χ4v) is 6.48. The monoisotopic (exact) mass is 402 g/mol. The first-order chi connectivity index (χ1) is 14.8. The van der Waals surface area contributed by atoms with Crippen LogP contribution in [0.5, 0.6) is 0 Å². The third kappa shape index (κ3) is 1.80. The van der Waals surface area contributed by atoms with E-state index >= 15 is 0 Å². The van der Waals surface area contributed by atoms with Crippen LogP contribution >= 0.6 is 11.6 Å². The van der Waals surface area contributed by atoms with Crippen LogP contribution in [0.4, 0.5) is 0 Å². The minimum atomic E-state index is -0.286. The van der Waals surface area contributed by atoms with Gasteiger partial charge in [0.1, 0.15) is 0 Å². The topological polar surface area (TPSA) is 0 Å². The van der Waals surface area contributed by atoms with Gasteiger partial charge >= 0.3 is 0 Å². The first-order valence-corrected chi connectivity index (χ1v) is 11.0. The Balaban J connectivity index is 1.73. The van der Waals surface area contributed by atoms with Crippen LogP contribution in [0.25, 0.3) is 27.5 Å². The first-order valence-electron chi connectivity index (χ1n) is 10.6. The van der Waals surface area contributed by atoms with Gasteiger partial charge in [-0.1, -0.05) is 97.1 Å². The number of hydrogen-bond acceptors (Lipinski definition) is 0. The third-order valence-corrected chi connectivity index (χ3v) is 7.59. The van der Waals surface area contributed by atoms with E-state index in [1.807, 2.05) is 0 Å². The highest BCUT2D eigenvalue weighted by Gasteiger charge is 2.53. The molecule has 0 amide bonds. The Hall–Kier alpha value is -3.09. The number of alkyl halides is 1. The third-order valence-electron chi connectivity index (χ3n) is 7.19. The summed E-state index contributed by atoms with van der Waals surface area (Å²) >= 11 is 6.95. The maximum atomic E-state index is 6.95. The van der Waals surface area contributed by atoms with E-state index in [-0.39, 0.29) is 10.8 Å². The molecular weight excluding hydrogens is 384 g/mol. The lowest BCUT2D eigenvalue weighted by atomic mass is 9.69. The smallest absolute Gasteiger partial charge is 0.0722 e. The number of allylic oxidation sites excluding steroid dienone is 4. The molecule has 2 unspecified atom stereocenters. The molecule has 3 aliphatic rings. The summed E-state index contributed by atoms with van der Waals surface area (Å²) in [5, 5.41) is 2.63. The number of benzene rings is 4. The fourth-order valence-electron chi connectivity index (χ4n) is 6.14. The van der Waals surface area contributed by atoms with Crippen molar-refractivity contribution in [2.24, 2.45) is 0 Å². The van der Waals surface area contributed by atoms with E-state index in [1.165, 1.54) is 55.3 Å². The first kappa shape index (κ1) is 16.7. The van der Waals surface area contributed by atoms with Crippen molar-refractivity contribution in [3.63, 3.8) is 0 Å². The Morgan fingerprint density at radius 1 is 0.700 bits per heavy atom. The van der Waals surface area contributed by atoms with Gasteiger partial charge in [0.25, 0.3) is 0 Å². The number of halogens is 1. The number of fused-ring (bicyclic) bond motifs is 11. The molecule has 2 atom stereocenters. The molecule has 0 aliphatic heterocycles. The summed E-state index contributed by atoms with van der Waals surface area (Å²) in [7, 11) is 0. The summed E-state index contributed by atoms with van der Waals surface area (Å²) in [6.07, 6.45) is 5.48. The van der Waals surface area contributed by atoms with Gasteiger partial charge in [0, 0.05) is 0 Å². The molecule has 0 bridgehead atoms. The van der Waals surface area contributed by atoms with Crippen molar-refractivity contribution < 1.29 is 0 Å². The van der Waals surface area contributed by atoms with Gasteiger partial charge in [-0.2, -0.15) is 0 Å². The van der Waals surface area contributed by atoms with E-state index in [4.69, 9.17) is 11.6 Å². The highest BCUT2D eigenvalue weighted by molar-refractivity contribution is 6.28. The van der Waals surface area contributed by atoms with Crippen LogP contribution in [0.15, 0.2) is 103 Å². The second-order valence-corrected chi connectivity index (χ2v) is 9.01. The zero-order valence-corrected chi connectivity index (χ0v) is 17.2. The molecule has 3 aliphatic carbocycles. The molecule has 0 heterocycles. The Labute approximate surface area is 181 Å². The summed E-state index contributed by atoms with van der Waals surface area (Å²) in [4.78, 5) is 0. The summed E-state index contributed by atoms with van der Waals surface area (Å²) in [6, 6.07) is 31.3. The quantitative estimate of drug-likeness (QED) is 0.267. The van der Waals surface area contributed by atoms with Crippen molar-refractivity contribution in [3.8, 4) is 11.1 Å². The molecule has 1 heteroatoms. The van der Waals surface area contributed by atoms with E-state index in [1.54, 1.807) is 0 Å². The molecule has 0 saturated carbocycles. The zero-order chi connectivity index (χ0) is 19.9. The van der Waals surface area contributed by atoms with Gasteiger partial charge in [-0.3, -0.25) is 0 Å². The molecule has 0 radical (unpaired) electrons. The normalized spacial score (nSPS) is 22.9. The molecule has 0 nitrogen and oxygen atoms in total. The average Bonchev–Trinajstić information content (AvgIpc) is 3.27. The molecule has 1 spiro atoms. The second kappa shape index (κ2) is 5.74. The van der Waals surface area contributed by atoms with E-state index in [0.29, 0.717) is 0 Å². The van der Waals surface area contributed by atoms with Gasteiger partial charge in [-0.05, 0) is 61.7 Å². The second-order valence-electron chi connectivity index (χ2n) is 8.48.